The van der Waals surface area contributed by atoms with Crippen LogP contribution in [0.4, 0.5) is 0 Å². The van der Waals surface area contributed by atoms with Crippen molar-refractivity contribution < 1.29 is 9.84 Å². The molecule has 1 heterocycles. The molecule has 8 heteroatoms. The number of halogens is 2. The smallest absolute Gasteiger partial charge is 0.194 e. The number of aryl methyl sites for hydroxylation is 1. The summed E-state index contributed by atoms with van der Waals surface area (Å²) in [4.78, 5) is 6.58. The van der Waals surface area contributed by atoms with Gasteiger partial charge in [0.05, 0.1) is 31.3 Å². The Labute approximate surface area is 183 Å². The second kappa shape index (κ2) is 11.4. The van der Waals surface area contributed by atoms with Gasteiger partial charge in [0.15, 0.2) is 5.96 Å². The van der Waals surface area contributed by atoms with Crippen LogP contribution in [-0.4, -0.2) is 47.8 Å². The van der Waals surface area contributed by atoms with E-state index < -0.39 is 6.10 Å². The molecule has 0 radical (unpaired) electrons. The van der Waals surface area contributed by atoms with Gasteiger partial charge in [-0.15, -0.1) is 24.0 Å². The zero-order chi connectivity index (χ0) is 19.1. The molecule has 0 fully saturated rings. The van der Waals surface area contributed by atoms with E-state index in [0.717, 1.165) is 29.5 Å². The van der Waals surface area contributed by atoms with Crippen molar-refractivity contribution in [3.8, 4) is 5.75 Å². The van der Waals surface area contributed by atoms with Crippen molar-refractivity contribution in [1.29, 1.82) is 0 Å². The van der Waals surface area contributed by atoms with E-state index in [4.69, 9.17) is 16.3 Å². The predicted molar refractivity (Wildman–Crippen MR) is 121 cm³/mol. The summed E-state index contributed by atoms with van der Waals surface area (Å²) in [5.74, 6) is 1.45. The molecule has 2 aromatic rings. The molecule has 0 aliphatic carbocycles. The molecule has 0 bridgehead atoms. The maximum atomic E-state index is 10.4. The van der Waals surface area contributed by atoms with Gasteiger partial charge in [0.1, 0.15) is 5.75 Å². The number of methoxy groups -OCH3 is 1. The molecule has 2 N–H and O–H groups in total. The molecule has 0 saturated heterocycles. The number of hydrogen-bond acceptors (Lipinski definition) is 3. The van der Waals surface area contributed by atoms with Crippen LogP contribution in [0.3, 0.4) is 0 Å². The second-order valence-corrected chi connectivity index (χ2v) is 6.54. The number of benzene rings is 1. The Kier molecular flexibility index (Phi) is 9.97. The first-order valence-corrected chi connectivity index (χ1v) is 8.94. The van der Waals surface area contributed by atoms with Crippen LogP contribution in [0, 0.1) is 0 Å². The minimum absolute atomic E-state index is 0. The number of guanidine groups is 1. The number of aliphatic hydroxyl groups excluding tert-OH is 1. The molecule has 0 aliphatic rings. The van der Waals surface area contributed by atoms with Gasteiger partial charge in [-0.05, 0) is 30.7 Å². The Morgan fingerprint density at radius 2 is 2.15 bits per heavy atom. The molecule has 6 nitrogen and oxygen atoms in total. The van der Waals surface area contributed by atoms with E-state index in [-0.39, 0.29) is 30.5 Å². The Morgan fingerprint density at radius 1 is 1.41 bits per heavy atom. The zero-order valence-electron chi connectivity index (χ0n) is 16.1. The topological polar surface area (TPSA) is 62.0 Å². The average molecular weight is 507 g/mol. The number of nitrogens with one attached hydrogen (secondary N) is 1. The Hall–Kier alpha value is -1.45. The largest absolute Gasteiger partial charge is 0.497 e. The highest BCUT2D eigenvalue weighted by atomic mass is 127. The molecule has 1 aromatic carbocycles. The van der Waals surface area contributed by atoms with E-state index in [1.165, 1.54) is 0 Å². The number of hydrogen-bond donors (Lipinski definition) is 2. The Bertz CT molecular complexity index is 751. The molecular formula is C19H28ClIN4O2. The van der Waals surface area contributed by atoms with Gasteiger partial charge in [0, 0.05) is 32.5 Å². The van der Waals surface area contributed by atoms with Crippen LogP contribution in [0.5, 0.6) is 5.75 Å². The highest BCUT2D eigenvalue weighted by molar-refractivity contribution is 14.0. The van der Waals surface area contributed by atoms with Gasteiger partial charge in [-0.2, -0.15) is 0 Å². The summed E-state index contributed by atoms with van der Waals surface area (Å²) in [7, 11) is 5.53. The first-order chi connectivity index (χ1) is 12.4. The molecule has 1 atom stereocenters. The van der Waals surface area contributed by atoms with E-state index in [2.05, 4.69) is 10.3 Å². The lowest BCUT2D eigenvalue weighted by atomic mass is 10.1. The predicted octanol–water partition coefficient (Wildman–Crippen LogP) is 3.44. The summed E-state index contributed by atoms with van der Waals surface area (Å²) in [5, 5.41) is 14.4. The maximum absolute atomic E-state index is 10.4. The van der Waals surface area contributed by atoms with Crippen molar-refractivity contribution in [1.82, 2.24) is 14.8 Å². The van der Waals surface area contributed by atoms with E-state index in [1.54, 1.807) is 7.11 Å². The van der Waals surface area contributed by atoms with Crippen molar-refractivity contribution in [3.05, 3.63) is 52.8 Å². The van der Waals surface area contributed by atoms with Gasteiger partial charge >= 0.3 is 0 Å². The van der Waals surface area contributed by atoms with Gasteiger partial charge < -0.3 is 24.6 Å². The summed E-state index contributed by atoms with van der Waals surface area (Å²) >= 11 is 6.06. The third-order valence-corrected chi connectivity index (χ3v) is 4.27. The minimum atomic E-state index is -0.698. The van der Waals surface area contributed by atoms with Crippen LogP contribution in [0.25, 0.3) is 0 Å². The average Bonchev–Trinajstić information content (AvgIpc) is 2.95. The van der Waals surface area contributed by atoms with E-state index in [1.807, 2.05) is 67.0 Å². The summed E-state index contributed by atoms with van der Waals surface area (Å²) in [5.41, 5.74) is 1.86. The monoisotopic (exact) mass is 506 g/mol. The Morgan fingerprint density at radius 3 is 2.74 bits per heavy atom. The lowest BCUT2D eigenvalue weighted by molar-refractivity contribution is 0.186. The van der Waals surface area contributed by atoms with E-state index in [0.29, 0.717) is 11.6 Å². The number of nitrogens with zero attached hydrogens (tertiary/aromatic N) is 3. The fraction of sp³-hybridized carbons (Fsp3) is 0.421. The van der Waals surface area contributed by atoms with Crippen LogP contribution in [0.15, 0.2) is 41.5 Å². The molecule has 0 amide bonds. The van der Waals surface area contributed by atoms with Crippen LogP contribution in [0.2, 0.25) is 5.02 Å². The van der Waals surface area contributed by atoms with Crippen LogP contribution < -0.4 is 10.1 Å². The first-order valence-electron chi connectivity index (χ1n) is 8.56. The van der Waals surface area contributed by atoms with Crippen molar-refractivity contribution in [2.75, 3.05) is 27.2 Å². The van der Waals surface area contributed by atoms with Crippen LogP contribution >= 0.6 is 35.6 Å². The van der Waals surface area contributed by atoms with Crippen molar-refractivity contribution in [3.63, 3.8) is 0 Å². The summed E-state index contributed by atoms with van der Waals surface area (Å²) in [6.45, 7) is 3.67. The van der Waals surface area contributed by atoms with Crippen molar-refractivity contribution >= 4 is 41.5 Å². The summed E-state index contributed by atoms with van der Waals surface area (Å²) < 4.78 is 7.20. The molecule has 2 rings (SSSR count). The minimum Gasteiger partial charge on any atom is -0.497 e. The normalized spacial score (nSPS) is 12.3. The molecular weight excluding hydrogens is 479 g/mol. The third kappa shape index (κ3) is 6.90. The lowest BCUT2D eigenvalue weighted by Gasteiger charge is -2.23. The third-order valence-electron chi connectivity index (χ3n) is 4.06. The second-order valence-electron chi connectivity index (χ2n) is 6.10. The van der Waals surface area contributed by atoms with Crippen molar-refractivity contribution in [2.45, 2.75) is 19.6 Å². The van der Waals surface area contributed by atoms with E-state index >= 15 is 0 Å². The molecule has 27 heavy (non-hydrogen) atoms. The van der Waals surface area contributed by atoms with Gasteiger partial charge in [0.2, 0.25) is 0 Å². The highest BCUT2D eigenvalue weighted by Gasteiger charge is 2.12. The van der Waals surface area contributed by atoms with Gasteiger partial charge in [-0.1, -0.05) is 23.7 Å². The molecule has 0 spiro atoms. The quantitative estimate of drug-likeness (QED) is 0.343. The molecule has 150 valence electrons. The van der Waals surface area contributed by atoms with E-state index in [9.17, 15) is 5.11 Å². The molecule has 1 unspecified atom stereocenters. The van der Waals surface area contributed by atoms with Crippen molar-refractivity contribution in [2.24, 2.45) is 12.0 Å². The number of ether oxygens (including phenoxy) is 1. The molecule has 0 saturated carbocycles. The fourth-order valence-corrected chi connectivity index (χ4v) is 2.91. The molecule has 0 aliphatic heterocycles. The fourth-order valence-electron chi connectivity index (χ4n) is 2.64. The number of aromatic nitrogens is 1. The van der Waals surface area contributed by atoms with Gasteiger partial charge in [-0.3, -0.25) is 4.99 Å². The summed E-state index contributed by atoms with van der Waals surface area (Å²) in [6, 6.07) is 9.33. The van der Waals surface area contributed by atoms with Gasteiger partial charge in [0.25, 0.3) is 0 Å². The number of aliphatic imine (C=N–C) groups is 1. The number of aliphatic hydroxyl groups is 1. The first kappa shape index (κ1) is 23.6. The summed E-state index contributed by atoms with van der Waals surface area (Å²) in [6.07, 6.45) is 1.18. The van der Waals surface area contributed by atoms with Crippen LogP contribution in [-0.2, 0) is 13.6 Å². The lowest BCUT2D eigenvalue weighted by Crippen LogP contribution is -2.39. The SMILES string of the molecule is CCNC(=NCC(O)c1cccc(OC)c1)N(C)Cc1cc(Cl)cn1C.I. The molecule has 1 aromatic heterocycles. The Balaban J connectivity index is 0.00000364. The standard InChI is InChI=1S/C19H27ClN4O2.HI/c1-5-21-19(24(3)13-16-10-15(20)12-23(16)2)22-11-18(25)14-7-6-8-17(9-14)26-4;/h6-10,12,18,25H,5,11,13H2,1-4H3,(H,21,22);1H. The van der Waals surface area contributed by atoms with Gasteiger partial charge in [-0.25, -0.2) is 0 Å². The maximum Gasteiger partial charge on any atom is 0.194 e. The van der Waals surface area contributed by atoms with Crippen LogP contribution in [0.1, 0.15) is 24.3 Å². The highest BCUT2D eigenvalue weighted by Crippen LogP contribution is 2.19. The zero-order valence-corrected chi connectivity index (χ0v) is 19.2. The number of rotatable bonds is 7.